The number of halogens is 2. The van der Waals surface area contributed by atoms with Crippen LogP contribution in [0.15, 0.2) is 59.2 Å². The standard InChI is InChI=1S/C23H19BrClN3O3.CH4/c1-13(26)14-3-5-15(6-4-14)20(29)11-18-19(9-17(25)10-21(18)31-2)23(30)28-22-8-7-16(24)12-27-22;/h3-10,12,26H,11H2,1-2H3,(H,27,28,30);1H4. The van der Waals surface area contributed by atoms with E-state index in [0.29, 0.717) is 33.4 Å². The number of hydrogen-bond acceptors (Lipinski definition) is 5. The van der Waals surface area contributed by atoms with Crippen molar-refractivity contribution >= 4 is 50.8 Å². The van der Waals surface area contributed by atoms with Crippen molar-refractivity contribution in [2.45, 2.75) is 20.8 Å². The van der Waals surface area contributed by atoms with Crippen LogP contribution in [0.25, 0.3) is 0 Å². The Labute approximate surface area is 200 Å². The van der Waals surface area contributed by atoms with Gasteiger partial charge in [-0.2, -0.15) is 0 Å². The van der Waals surface area contributed by atoms with Crippen LogP contribution in [0, 0.1) is 5.41 Å². The van der Waals surface area contributed by atoms with E-state index >= 15 is 0 Å². The number of amides is 1. The fourth-order valence-electron chi connectivity index (χ4n) is 2.98. The molecule has 0 aliphatic carbocycles. The van der Waals surface area contributed by atoms with Crippen molar-refractivity contribution in [3.05, 3.63) is 86.5 Å². The summed E-state index contributed by atoms with van der Waals surface area (Å²) in [4.78, 5) is 30.0. The molecule has 0 bridgehead atoms. The van der Waals surface area contributed by atoms with E-state index in [1.807, 2.05) is 0 Å². The van der Waals surface area contributed by atoms with Gasteiger partial charge in [0.15, 0.2) is 5.78 Å². The molecule has 1 aromatic heterocycles. The predicted molar refractivity (Wildman–Crippen MR) is 132 cm³/mol. The average Bonchev–Trinajstić information content (AvgIpc) is 2.76. The molecular formula is C24H23BrClN3O3. The van der Waals surface area contributed by atoms with Gasteiger partial charge in [0.2, 0.25) is 0 Å². The fraction of sp³-hybridized carbons (Fsp3) is 0.167. The minimum absolute atomic E-state index is 0. The van der Waals surface area contributed by atoms with Crippen LogP contribution in [0.5, 0.6) is 5.75 Å². The van der Waals surface area contributed by atoms with Crippen molar-refractivity contribution in [1.29, 1.82) is 5.41 Å². The SMILES string of the molecule is C.COc1cc(Cl)cc(C(=O)Nc2ccc(Br)cn2)c1CC(=O)c1ccc(C(C)=N)cc1. The van der Waals surface area contributed by atoms with E-state index in [1.165, 1.54) is 13.2 Å². The van der Waals surface area contributed by atoms with E-state index in [-0.39, 0.29) is 25.2 Å². The second-order valence-corrected chi connectivity index (χ2v) is 8.10. The zero-order chi connectivity index (χ0) is 22.5. The Morgan fingerprint density at radius 3 is 2.34 bits per heavy atom. The molecule has 2 aromatic carbocycles. The third-order valence-corrected chi connectivity index (χ3v) is 5.27. The maximum absolute atomic E-state index is 13.0. The number of nitrogens with zero attached hydrogens (tertiary/aromatic N) is 1. The molecule has 0 unspecified atom stereocenters. The van der Waals surface area contributed by atoms with E-state index < -0.39 is 5.91 Å². The molecule has 0 atom stereocenters. The lowest BCUT2D eigenvalue weighted by atomic mass is 9.96. The second-order valence-electron chi connectivity index (χ2n) is 6.75. The molecule has 0 saturated carbocycles. The zero-order valence-electron chi connectivity index (χ0n) is 16.8. The Hall–Kier alpha value is -3.03. The van der Waals surface area contributed by atoms with Crippen LogP contribution in [0.1, 0.15) is 46.2 Å². The molecule has 2 N–H and O–H groups in total. The Morgan fingerprint density at radius 1 is 1.12 bits per heavy atom. The van der Waals surface area contributed by atoms with E-state index in [0.717, 1.165) is 10.0 Å². The highest BCUT2D eigenvalue weighted by molar-refractivity contribution is 9.10. The number of ether oxygens (including phenoxy) is 1. The smallest absolute Gasteiger partial charge is 0.257 e. The molecule has 0 fully saturated rings. The van der Waals surface area contributed by atoms with Crippen LogP contribution in [0.2, 0.25) is 5.02 Å². The summed E-state index contributed by atoms with van der Waals surface area (Å²) in [6, 6.07) is 13.3. The monoisotopic (exact) mass is 515 g/mol. The highest BCUT2D eigenvalue weighted by atomic mass is 79.9. The minimum Gasteiger partial charge on any atom is -0.496 e. The van der Waals surface area contributed by atoms with Gasteiger partial charge >= 0.3 is 0 Å². The first-order valence-electron chi connectivity index (χ1n) is 9.26. The summed E-state index contributed by atoms with van der Waals surface area (Å²) in [6.45, 7) is 1.68. The van der Waals surface area contributed by atoms with Gasteiger partial charge in [0.05, 0.1) is 7.11 Å². The largest absolute Gasteiger partial charge is 0.496 e. The summed E-state index contributed by atoms with van der Waals surface area (Å²) >= 11 is 9.48. The summed E-state index contributed by atoms with van der Waals surface area (Å²) in [5.74, 6) is 0.0718. The molecule has 32 heavy (non-hydrogen) atoms. The lowest BCUT2D eigenvalue weighted by Gasteiger charge is -2.15. The molecule has 8 heteroatoms. The van der Waals surface area contributed by atoms with Gasteiger partial charge in [0.1, 0.15) is 11.6 Å². The van der Waals surface area contributed by atoms with Gasteiger partial charge in [-0.25, -0.2) is 4.98 Å². The first kappa shape index (κ1) is 25.2. The van der Waals surface area contributed by atoms with Gasteiger partial charge < -0.3 is 15.5 Å². The second kappa shape index (κ2) is 11.0. The van der Waals surface area contributed by atoms with Crippen molar-refractivity contribution in [3.8, 4) is 5.75 Å². The Kier molecular flexibility index (Phi) is 8.69. The van der Waals surface area contributed by atoms with Crippen LogP contribution >= 0.6 is 27.5 Å². The van der Waals surface area contributed by atoms with Gasteiger partial charge in [0, 0.05) is 44.5 Å². The molecule has 3 aromatic rings. The van der Waals surface area contributed by atoms with Crippen molar-refractivity contribution in [2.75, 3.05) is 12.4 Å². The number of carbonyl (C=O) groups is 2. The molecule has 0 spiro atoms. The normalized spacial score (nSPS) is 10.1. The lowest BCUT2D eigenvalue weighted by molar-refractivity contribution is 0.0991. The number of Topliss-reactive ketones (excluding diaryl/α,β-unsaturated/α-hetero) is 1. The molecule has 3 rings (SSSR count). The lowest BCUT2D eigenvalue weighted by Crippen LogP contribution is -2.17. The van der Waals surface area contributed by atoms with Gasteiger partial charge in [-0.1, -0.05) is 43.3 Å². The number of nitrogens with one attached hydrogen (secondary N) is 2. The number of carbonyl (C=O) groups excluding carboxylic acids is 2. The topological polar surface area (TPSA) is 92.1 Å². The molecule has 1 amide bonds. The molecule has 1 heterocycles. The molecule has 0 aliphatic heterocycles. The van der Waals surface area contributed by atoms with Crippen LogP contribution < -0.4 is 10.1 Å². The Bertz CT molecular complexity index is 1150. The highest BCUT2D eigenvalue weighted by Gasteiger charge is 2.21. The summed E-state index contributed by atoms with van der Waals surface area (Å²) in [7, 11) is 1.46. The van der Waals surface area contributed by atoms with Crippen LogP contribution in [-0.4, -0.2) is 29.5 Å². The van der Waals surface area contributed by atoms with Crippen molar-refractivity contribution < 1.29 is 14.3 Å². The quantitative estimate of drug-likeness (QED) is 0.288. The third-order valence-electron chi connectivity index (χ3n) is 4.58. The average molecular weight is 517 g/mol. The number of rotatable bonds is 7. The third kappa shape index (κ3) is 6.02. The number of pyridine rings is 1. The first-order chi connectivity index (χ1) is 14.8. The zero-order valence-corrected chi connectivity index (χ0v) is 19.2. The van der Waals surface area contributed by atoms with Crippen LogP contribution in [-0.2, 0) is 6.42 Å². The van der Waals surface area contributed by atoms with Crippen molar-refractivity contribution in [1.82, 2.24) is 4.98 Å². The van der Waals surface area contributed by atoms with E-state index in [1.54, 1.807) is 55.6 Å². The van der Waals surface area contributed by atoms with E-state index in [4.69, 9.17) is 21.7 Å². The summed E-state index contributed by atoms with van der Waals surface area (Å²) in [6.07, 6.45) is 1.51. The number of aromatic nitrogens is 1. The first-order valence-corrected chi connectivity index (χ1v) is 10.4. The molecule has 6 nitrogen and oxygen atoms in total. The van der Waals surface area contributed by atoms with Crippen LogP contribution in [0.4, 0.5) is 5.82 Å². The minimum atomic E-state index is -0.451. The fourth-order valence-corrected chi connectivity index (χ4v) is 3.42. The van der Waals surface area contributed by atoms with Crippen molar-refractivity contribution in [3.63, 3.8) is 0 Å². The molecule has 0 radical (unpaired) electrons. The maximum atomic E-state index is 13.0. The Morgan fingerprint density at radius 2 is 1.78 bits per heavy atom. The van der Waals surface area contributed by atoms with Gasteiger partial charge in [-0.05, 0) is 52.7 Å². The molecule has 0 saturated heterocycles. The molecule has 166 valence electrons. The maximum Gasteiger partial charge on any atom is 0.257 e. The van der Waals surface area contributed by atoms with E-state index in [9.17, 15) is 9.59 Å². The molecule has 0 aliphatic rings. The Balaban J connectivity index is 0.00000363. The summed E-state index contributed by atoms with van der Waals surface area (Å²) in [5.41, 5.74) is 2.29. The number of methoxy groups -OCH3 is 1. The number of ketones is 1. The predicted octanol–water partition coefficient (Wildman–Crippen LogP) is 6.21. The highest BCUT2D eigenvalue weighted by Crippen LogP contribution is 2.29. The summed E-state index contributed by atoms with van der Waals surface area (Å²) in [5, 5.41) is 10.7. The summed E-state index contributed by atoms with van der Waals surface area (Å²) < 4.78 is 6.19. The number of benzene rings is 2. The van der Waals surface area contributed by atoms with E-state index in [2.05, 4.69) is 26.2 Å². The van der Waals surface area contributed by atoms with Gasteiger partial charge in [-0.3, -0.25) is 9.59 Å². The number of hydrogen-bond donors (Lipinski definition) is 2. The van der Waals surface area contributed by atoms with Crippen LogP contribution in [0.3, 0.4) is 0 Å². The molecular weight excluding hydrogens is 494 g/mol. The van der Waals surface area contributed by atoms with Gasteiger partial charge in [-0.15, -0.1) is 0 Å². The van der Waals surface area contributed by atoms with Gasteiger partial charge in [0.25, 0.3) is 5.91 Å². The number of anilines is 1. The van der Waals surface area contributed by atoms with Crippen molar-refractivity contribution in [2.24, 2.45) is 0 Å².